The Balaban J connectivity index is 1.47. The molecular formula is C21H29N5O. The molecule has 0 unspecified atom stereocenters. The lowest BCUT2D eigenvalue weighted by Crippen LogP contribution is -2.46. The van der Waals surface area contributed by atoms with Crippen molar-refractivity contribution in [1.29, 1.82) is 0 Å². The number of amides is 1. The average molecular weight is 367 g/mol. The minimum atomic E-state index is 0.143. The monoisotopic (exact) mass is 367 g/mol. The molecule has 2 aromatic rings. The molecule has 1 atom stereocenters. The largest absolute Gasteiger partial charge is 0.337 e. The van der Waals surface area contributed by atoms with Crippen LogP contribution in [0.1, 0.15) is 43.5 Å². The third-order valence-electron chi connectivity index (χ3n) is 5.83. The van der Waals surface area contributed by atoms with Crippen molar-refractivity contribution in [1.82, 2.24) is 24.6 Å². The Morgan fingerprint density at radius 1 is 1.11 bits per heavy atom. The molecule has 0 bridgehead atoms. The van der Waals surface area contributed by atoms with Crippen molar-refractivity contribution in [3.63, 3.8) is 0 Å². The van der Waals surface area contributed by atoms with E-state index in [1.54, 1.807) is 12.7 Å². The molecule has 1 aliphatic heterocycles. The molecule has 6 nitrogen and oxygen atoms in total. The van der Waals surface area contributed by atoms with Crippen molar-refractivity contribution in [2.45, 2.75) is 39.2 Å². The predicted octanol–water partition coefficient (Wildman–Crippen LogP) is 2.85. The zero-order valence-corrected chi connectivity index (χ0v) is 16.3. The fraction of sp³-hybridized carbons (Fsp3) is 0.571. The van der Waals surface area contributed by atoms with Crippen LogP contribution in [0.15, 0.2) is 36.9 Å². The van der Waals surface area contributed by atoms with Gasteiger partial charge in [-0.25, -0.2) is 0 Å². The number of nitrogens with zero attached hydrogens (tertiary/aromatic N) is 5. The third kappa shape index (κ3) is 4.21. The van der Waals surface area contributed by atoms with Gasteiger partial charge in [0, 0.05) is 43.5 Å². The normalized spacial score (nSPS) is 21.4. The van der Waals surface area contributed by atoms with Crippen LogP contribution in [0.25, 0.3) is 5.69 Å². The molecule has 2 aliphatic rings. The van der Waals surface area contributed by atoms with E-state index < -0.39 is 0 Å². The third-order valence-corrected chi connectivity index (χ3v) is 5.83. The van der Waals surface area contributed by atoms with Crippen molar-refractivity contribution < 1.29 is 4.79 Å². The molecule has 1 aromatic carbocycles. The molecule has 2 fully saturated rings. The van der Waals surface area contributed by atoms with Crippen molar-refractivity contribution in [3.8, 4) is 5.69 Å². The molecule has 0 radical (unpaired) electrons. The van der Waals surface area contributed by atoms with Crippen LogP contribution in [0, 0.1) is 11.8 Å². The van der Waals surface area contributed by atoms with Crippen LogP contribution in [0.4, 0.5) is 0 Å². The summed E-state index contributed by atoms with van der Waals surface area (Å²) in [6.45, 7) is 8.56. The number of hydrogen-bond donors (Lipinski definition) is 0. The second-order valence-electron chi connectivity index (χ2n) is 8.27. The maximum atomic E-state index is 13.1. The smallest absolute Gasteiger partial charge is 0.253 e. The fourth-order valence-corrected chi connectivity index (χ4v) is 4.03. The highest BCUT2D eigenvalue weighted by Crippen LogP contribution is 2.32. The molecule has 27 heavy (non-hydrogen) atoms. The highest BCUT2D eigenvalue weighted by molar-refractivity contribution is 5.94. The summed E-state index contributed by atoms with van der Waals surface area (Å²) < 4.78 is 1.84. The van der Waals surface area contributed by atoms with Crippen LogP contribution in [0.3, 0.4) is 0 Å². The summed E-state index contributed by atoms with van der Waals surface area (Å²) in [4.78, 5) is 17.8. The minimum absolute atomic E-state index is 0.143. The number of carbonyl (C=O) groups excluding carboxylic acids is 1. The molecule has 0 N–H and O–H groups in total. The van der Waals surface area contributed by atoms with Gasteiger partial charge in [-0.1, -0.05) is 13.8 Å². The zero-order valence-electron chi connectivity index (χ0n) is 16.3. The number of carbonyl (C=O) groups is 1. The van der Waals surface area contributed by atoms with E-state index in [1.807, 2.05) is 28.8 Å². The van der Waals surface area contributed by atoms with Crippen molar-refractivity contribution in [2.75, 3.05) is 26.2 Å². The Morgan fingerprint density at radius 3 is 2.44 bits per heavy atom. The molecule has 2 heterocycles. The maximum absolute atomic E-state index is 13.1. The van der Waals surface area contributed by atoms with Gasteiger partial charge in [-0.2, -0.15) is 0 Å². The van der Waals surface area contributed by atoms with Crippen LogP contribution in [0.2, 0.25) is 0 Å². The molecule has 6 heteroatoms. The molecular weight excluding hydrogens is 338 g/mol. The second kappa shape index (κ2) is 7.80. The number of benzene rings is 1. The zero-order chi connectivity index (χ0) is 18.8. The summed E-state index contributed by atoms with van der Waals surface area (Å²) in [5.74, 6) is 1.58. The SMILES string of the molecule is CC(C)[C@H]1CN(C(=O)c2ccc(-n3cnnc3)cc2)CCCN1CC1CC1. The molecule has 1 aliphatic carbocycles. The van der Waals surface area contributed by atoms with E-state index in [9.17, 15) is 4.79 Å². The summed E-state index contributed by atoms with van der Waals surface area (Å²) >= 11 is 0. The van der Waals surface area contributed by atoms with Crippen molar-refractivity contribution in [3.05, 3.63) is 42.5 Å². The highest BCUT2D eigenvalue weighted by atomic mass is 16.2. The highest BCUT2D eigenvalue weighted by Gasteiger charge is 2.33. The molecule has 4 rings (SSSR count). The number of rotatable bonds is 5. The van der Waals surface area contributed by atoms with Gasteiger partial charge in [0.1, 0.15) is 12.7 Å². The lowest BCUT2D eigenvalue weighted by molar-refractivity contribution is 0.0704. The summed E-state index contributed by atoms with van der Waals surface area (Å²) in [7, 11) is 0. The van der Waals surface area contributed by atoms with Crippen LogP contribution in [0.5, 0.6) is 0 Å². The van der Waals surface area contributed by atoms with Gasteiger partial charge in [-0.3, -0.25) is 14.3 Å². The molecule has 1 saturated heterocycles. The van der Waals surface area contributed by atoms with Crippen molar-refractivity contribution in [2.24, 2.45) is 11.8 Å². The van der Waals surface area contributed by atoms with Gasteiger partial charge in [0.15, 0.2) is 0 Å². The number of aromatic nitrogens is 3. The first-order valence-electron chi connectivity index (χ1n) is 10.1. The van der Waals surface area contributed by atoms with Gasteiger partial charge < -0.3 is 4.90 Å². The van der Waals surface area contributed by atoms with E-state index in [1.165, 1.54) is 19.4 Å². The predicted molar refractivity (Wildman–Crippen MR) is 105 cm³/mol. The summed E-state index contributed by atoms with van der Waals surface area (Å²) in [6, 6.07) is 8.18. The standard InChI is InChI=1S/C21H29N5O/c1-16(2)20-13-25(11-3-10-24(20)12-17-4-5-17)21(27)18-6-8-19(9-7-18)26-14-22-23-15-26/h6-9,14-17,20H,3-5,10-13H2,1-2H3/t20-/m1/s1. The van der Waals surface area contributed by atoms with E-state index in [2.05, 4.69) is 33.8 Å². The van der Waals surface area contributed by atoms with Crippen LogP contribution in [-0.4, -0.2) is 62.7 Å². The van der Waals surface area contributed by atoms with Crippen LogP contribution < -0.4 is 0 Å². The molecule has 0 spiro atoms. The van der Waals surface area contributed by atoms with E-state index in [-0.39, 0.29) is 5.91 Å². The Bertz CT molecular complexity index is 751. The summed E-state index contributed by atoms with van der Waals surface area (Å²) in [5.41, 5.74) is 1.72. The first-order valence-corrected chi connectivity index (χ1v) is 10.1. The lowest BCUT2D eigenvalue weighted by Gasteiger charge is -2.34. The van der Waals surface area contributed by atoms with Gasteiger partial charge in [-0.05, 0) is 55.4 Å². The van der Waals surface area contributed by atoms with Gasteiger partial charge >= 0.3 is 0 Å². The Hall–Kier alpha value is -2.21. The van der Waals surface area contributed by atoms with E-state index in [4.69, 9.17) is 0 Å². The molecule has 1 saturated carbocycles. The first kappa shape index (κ1) is 18.2. The van der Waals surface area contributed by atoms with Gasteiger partial charge in [0.2, 0.25) is 0 Å². The van der Waals surface area contributed by atoms with Crippen LogP contribution >= 0.6 is 0 Å². The number of hydrogen-bond acceptors (Lipinski definition) is 4. The van der Waals surface area contributed by atoms with E-state index >= 15 is 0 Å². The van der Waals surface area contributed by atoms with E-state index in [0.29, 0.717) is 12.0 Å². The average Bonchev–Trinajstić information content (AvgIpc) is 3.38. The topological polar surface area (TPSA) is 54.3 Å². The Kier molecular flexibility index (Phi) is 5.25. The van der Waals surface area contributed by atoms with Gasteiger partial charge in [0.05, 0.1) is 0 Å². The Labute approximate surface area is 161 Å². The van der Waals surface area contributed by atoms with Gasteiger partial charge in [0.25, 0.3) is 5.91 Å². The minimum Gasteiger partial charge on any atom is -0.337 e. The lowest BCUT2D eigenvalue weighted by atomic mass is 10.0. The maximum Gasteiger partial charge on any atom is 0.253 e. The fourth-order valence-electron chi connectivity index (χ4n) is 4.03. The second-order valence-corrected chi connectivity index (χ2v) is 8.27. The Morgan fingerprint density at radius 2 is 1.81 bits per heavy atom. The summed E-state index contributed by atoms with van der Waals surface area (Å²) in [6.07, 6.45) is 7.13. The van der Waals surface area contributed by atoms with Gasteiger partial charge in [-0.15, -0.1) is 10.2 Å². The summed E-state index contributed by atoms with van der Waals surface area (Å²) in [5, 5.41) is 7.66. The first-order chi connectivity index (χ1) is 13.1. The molecule has 1 aromatic heterocycles. The quantitative estimate of drug-likeness (QED) is 0.815. The molecule has 144 valence electrons. The van der Waals surface area contributed by atoms with Crippen LogP contribution in [-0.2, 0) is 0 Å². The van der Waals surface area contributed by atoms with E-state index in [0.717, 1.165) is 43.2 Å². The van der Waals surface area contributed by atoms with Crippen molar-refractivity contribution >= 4 is 5.91 Å². The molecule has 1 amide bonds.